The molecule has 0 aliphatic heterocycles. The zero-order valence-corrected chi connectivity index (χ0v) is 24.3. The Balaban J connectivity index is 1.56. The van der Waals surface area contributed by atoms with Crippen LogP contribution in [0.5, 0.6) is 5.75 Å². The third-order valence-corrected chi connectivity index (χ3v) is 6.54. The van der Waals surface area contributed by atoms with Crippen molar-refractivity contribution in [2.75, 3.05) is 11.9 Å². The number of carboxylic acid groups (broad SMARTS) is 1. The average molecular weight is 570 g/mol. The van der Waals surface area contributed by atoms with E-state index in [1.54, 1.807) is 69.6 Å². The predicted octanol–water partition coefficient (Wildman–Crippen LogP) is 6.30. The molecule has 4 rings (SSSR count). The van der Waals surface area contributed by atoms with Crippen molar-refractivity contribution >= 4 is 34.4 Å². The largest absolute Gasteiger partial charge is 0.478 e. The van der Waals surface area contributed by atoms with E-state index in [1.165, 1.54) is 0 Å². The summed E-state index contributed by atoms with van der Waals surface area (Å²) in [5, 5.41) is 17.4. The second-order valence-corrected chi connectivity index (χ2v) is 11.1. The normalized spacial score (nSPS) is 12.7. The Bertz CT molecular complexity index is 1590. The van der Waals surface area contributed by atoms with Gasteiger partial charge in [0.2, 0.25) is 12.0 Å². The summed E-state index contributed by atoms with van der Waals surface area (Å²) in [6.07, 6.45) is 1.58. The number of carbonyl (C=O) groups is 3. The van der Waals surface area contributed by atoms with Gasteiger partial charge in [0.05, 0.1) is 5.92 Å². The molecule has 4 aromatic rings. The molecule has 0 spiro atoms. The number of carbonyl (C=O) groups excluding carboxylic acids is 2. The fourth-order valence-electron chi connectivity index (χ4n) is 4.53. The standard InChI is InChI=1S/C33H35N3O6/c1-20-6-13-27(21(2)16-20)29(31(38)39)41-26-11-8-22(9-12-26)28(19-35-32(40)42-33(3,4)5)30(37)36-25-10-7-24-18-34-15-14-23(24)17-25/h6-18,28-29H,19H2,1-5H3,(H,35,40)(H,36,37)(H,38,39). The third-order valence-electron chi connectivity index (χ3n) is 6.54. The highest BCUT2D eigenvalue weighted by Gasteiger charge is 2.26. The molecule has 0 aliphatic rings. The predicted molar refractivity (Wildman–Crippen MR) is 161 cm³/mol. The Morgan fingerprint density at radius 1 is 0.929 bits per heavy atom. The van der Waals surface area contributed by atoms with Gasteiger partial charge < -0.3 is 25.2 Å². The molecule has 0 saturated carbocycles. The number of alkyl carbamates (subject to hydrolysis) is 1. The van der Waals surface area contributed by atoms with Gasteiger partial charge in [-0.2, -0.15) is 0 Å². The molecule has 9 heteroatoms. The molecule has 0 radical (unpaired) electrons. The third kappa shape index (κ3) is 7.84. The van der Waals surface area contributed by atoms with Crippen molar-refractivity contribution in [3.63, 3.8) is 0 Å². The van der Waals surface area contributed by atoms with E-state index in [2.05, 4.69) is 15.6 Å². The maximum absolute atomic E-state index is 13.5. The van der Waals surface area contributed by atoms with Crippen LogP contribution in [-0.2, 0) is 14.3 Å². The van der Waals surface area contributed by atoms with Crippen LogP contribution in [0.4, 0.5) is 10.5 Å². The number of rotatable bonds is 9. The minimum Gasteiger partial charge on any atom is -0.478 e. The van der Waals surface area contributed by atoms with Crippen molar-refractivity contribution in [1.82, 2.24) is 10.3 Å². The molecular formula is C33H35N3O6. The van der Waals surface area contributed by atoms with Crippen LogP contribution in [0.3, 0.4) is 0 Å². The number of benzene rings is 3. The van der Waals surface area contributed by atoms with Crippen molar-refractivity contribution in [1.29, 1.82) is 0 Å². The van der Waals surface area contributed by atoms with E-state index in [4.69, 9.17) is 9.47 Å². The van der Waals surface area contributed by atoms with Crippen LogP contribution in [-0.4, -0.2) is 40.2 Å². The number of ether oxygens (including phenoxy) is 2. The molecule has 2 unspecified atom stereocenters. The molecule has 218 valence electrons. The monoisotopic (exact) mass is 569 g/mol. The van der Waals surface area contributed by atoms with Crippen LogP contribution in [0.1, 0.15) is 55.0 Å². The van der Waals surface area contributed by atoms with Crippen LogP contribution in [0, 0.1) is 13.8 Å². The minimum absolute atomic E-state index is 0.0290. The van der Waals surface area contributed by atoms with Gasteiger partial charge in [-0.05, 0) is 81.5 Å². The van der Waals surface area contributed by atoms with Crippen LogP contribution >= 0.6 is 0 Å². The summed E-state index contributed by atoms with van der Waals surface area (Å²) in [5.74, 6) is -1.91. The number of nitrogens with one attached hydrogen (secondary N) is 2. The number of hydrogen-bond donors (Lipinski definition) is 3. The number of aryl methyl sites for hydroxylation is 2. The highest BCUT2D eigenvalue weighted by atomic mass is 16.6. The molecule has 1 heterocycles. The van der Waals surface area contributed by atoms with Crippen molar-refractivity contribution < 1.29 is 29.0 Å². The van der Waals surface area contributed by atoms with Gasteiger partial charge in [-0.1, -0.05) is 42.0 Å². The van der Waals surface area contributed by atoms with E-state index in [0.717, 1.165) is 21.9 Å². The lowest BCUT2D eigenvalue weighted by Crippen LogP contribution is -2.37. The highest BCUT2D eigenvalue weighted by molar-refractivity contribution is 5.98. The molecule has 1 aromatic heterocycles. The number of aliphatic carboxylic acids is 1. The van der Waals surface area contributed by atoms with Gasteiger partial charge in [0.25, 0.3) is 0 Å². The van der Waals surface area contributed by atoms with Gasteiger partial charge in [0.15, 0.2) is 0 Å². The Hall–Kier alpha value is -4.92. The van der Waals surface area contributed by atoms with Crippen LogP contribution in [0.2, 0.25) is 0 Å². The number of carboxylic acids is 1. The molecule has 0 saturated heterocycles. The van der Waals surface area contributed by atoms with Crippen LogP contribution < -0.4 is 15.4 Å². The fraction of sp³-hybridized carbons (Fsp3) is 0.273. The number of hydrogen-bond acceptors (Lipinski definition) is 6. The summed E-state index contributed by atoms with van der Waals surface area (Å²) < 4.78 is 11.2. The lowest BCUT2D eigenvalue weighted by atomic mass is 9.97. The number of nitrogens with zero attached hydrogens (tertiary/aromatic N) is 1. The van der Waals surface area contributed by atoms with E-state index < -0.39 is 29.7 Å². The van der Waals surface area contributed by atoms with Gasteiger partial charge in [-0.15, -0.1) is 0 Å². The SMILES string of the molecule is Cc1ccc(C(Oc2ccc(C(CNC(=O)OC(C)(C)C)C(=O)Nc3ccc4cnccc4c3)cc2)C(=O)O)c(C)c1. The summed E-state index contributed by atoms with van der Waals surface area (Å²) in [4.78, 5) is 42.1. The lowest BCUT2D eigenvalue weighted by Gasteiger charge is -2.22. The molecule has 2 atom stereocenters. The number of fused-ring (bicyclic) bond motifs is 1. The summed E-state index contributed by atoms with van der Waals surface area (Å²) in [5.41, 5.74) is 2.89. The molecule has 42 heavy (non-hydrogen) atoms. The summed E-state index contributed by atoms with van der Waals surface area (Å²) in [6.45, 7) is 9.03. The van der Waals surface area contributed by atoms with E-state index >= 15 is 0 Å². The lowest BCUT2D eigenvalue weighted by molar-refractivity contribution is -0.145. The van der Waals surface area contributed by atoms with Crippen LogP contribution in [0.25, 0.3) is 10.8 Å². The first-order valence-corrected chi connectivity index (χ1v) is 13.6. The van der Waals surface area contributed by atoms with Crippen molar-refractivity contribution in [3.8, 4) is 5.75 Å². The number of anilines is 1. The summed E-state index contributed by atoms with van der Waals surface area (Å²) in [6, 6.07) is 19.5. The fourth-order valence-corrected chi connectivity index (χ4v) is 4.53. The first-order valence-electron chi connectivity index (χ1n) is 13.6. The second-order valence-electron chi connectivity index (χ2n) is 11.1. The summed E-state index contributed by atoms with van der Waals surface area (Å²) in [7, 11) is 0. The average Bonchev–Trinajstić information content (AvgIpc) is 2.92. The second kappa shape index (κ2) is 12.7. The van der Waals surface area contributed by atoms with Crippen molar-refractivity contribution in [2.24, 2.45) is 0 Å². The van der Waals surface area contributed by atoms with Crippen LogP contribution in [0.15, 0.2) is 79.1 Å². The zero-order valence-electron chi connectivity index (χ0n) is 24.3. The van der Waals surface area contributed by atoms with Crippen molar-refractivity contribution in [2.45, 2.75) is 52.2 Å². The smallest absolute Gasteiger partial charge is 0.407 e. The molecule has 9 nitrogen and oxygen atoms in total. The number of amides is 2. The topological polar surface area (TPSA) is 127 Å². The molecule has 3 N–H and O–H groups in total. The van der Waals surface area contributed by atoms with Crippen molar-refractivity contribution in [3.05, 3.63) is 101 Å². The minimum atomic E-state index is -1.20. The Labute approximate surface area is 244 Å². The highest BCUT2D eigenvalue weighted by Crippen LogP contribution is 2.28. The zero-order chi connectivity index (χ0) is 30.4. The Morgan fingerprint density at radius 2 is 1.67 bits per heavy atom. The first-order chi connectivity index (χ1) is 19.9. The Kier molecular flexibility index (Phi) is 9.10. The molecule has 0 fully saturated rings. The first kappa shape index (κ1) is 30.0. The van der Waals surface area contributed by atoms with E-state index in [9.17, 15) is 19.5 Å². The molecular weight excluding hydrogens is 534 g/mol. The Morgan fingerprint density at radius 3 is 2.33 bits per heavy atom. The molecule has 2 amide bonds. The maximum Gasteiger partial charge on any atom is 0.407 e. The van der Waals surface area contributed by atoms with E-state index in [0.29, 0.717) is 22.6 Å². The number of pyridine rings is 1. The van der Waals surface area contributed by atoms with Gasteiger partial charge in [0.1, 0.15) is 11.4 Å². The molecule has 0 bridgehead atoms. The maximum atomic E-state index is 13.5. The van der Waals surface area contributed by atoms with Gasteiger partial charge in [-0.3, -0.25) is 9.78 Å². The van der Waals surface area contributed by atoms with Gasteiger partial charge in [-0.25, -0.2) is 9.59 Å². The van der Waals surface area contributed by atoms with Gasteiger partial charge in [0, 0.05) is 35.6 Å². The molecule has 3 aromatic carbocycles. The van der Waals surface area contributed by atoms with Gasteiger partial charge >= 0.3 is 12.1 Å². The molecule has 0 aliphatic carbocycles. The quantitative estimate of drug-likeness (QED) is 0.216. The number of aromatic nitrogens is 1. The van der Waals surface area contributed by atoms with E-state index in [1.807, 2.05) is 44.2 Å². The van der Waals surface area contributed by atoms with E-state index in [-0.39, 0.29) is 12.5 Å². The summed E-state index contributed by atoms with van der Waals surface area (Å²) >= 11 is 0.